The van der Waals surface area contributed by atoms with Gasteiger partial charge >= 0.3 is 51.4 Å². The molecular formula is C23H33ClKN3O2S. The van der Waals surface area contributed by atoms with Crippen LogP contribution in [-0.2, 0) is 16.4 Å². The molecule has 0 radical (unpaired) electrons. The van der Waals surface area contributed by atoms with Gasteiger partial charge in [0, 0.05) is 30.7 Å². The van der Waals surface area contributed by atoms with Crippen molar-refractivity contribution in [2.45, 2.75) is 45.1 Å². The summed E-state index contributed by atoms with van der Waals surface area (Å²) < 4.78 is 25.0. The van der Waals surface area contributed by atoms with Crippen LogP contribution in [0, 0.1) is 0 Å². The Morgan fingerprint density at radius 1 is 1.06 bits per heavy atom. The molecule has 5 nitrogen and oxygen atoms in total. The summed E-state index contributed by atoms with van der Waals surface area (Å²) >= 11 is 5.97. The number of nitrogens with zero attached hydrogens (tertiary/aromatic N) is 1. The Morgan fingerprint density at radius 3 is 2.35 bits per heavy atom. The number of halogens is 1. The molecule has 3 rings (SSSR count). The first kappa shape index (κ1) is 27.4. The Bertz CT molecular complexity index is 898. The normalized spacial score (nSPS) is 17.3. The van der Waals surface area contributed by atoms with Gasteiger partial charge < -0.3 is 6.74 Å². The van der Waals surface area contributed by atoms with E-state index in [9.17, 15) is 8.42 Å². The van der Waals surface area contributed by atoms with Crippen molar-refractivity contribution in [3.05, 3.63) is 59.1 Å². The molecule has 1 fully saturated rings. The Morgan fingerprint density at radius 2 is 1.71 bits per heavy atom. The summed E-state index contributed by atoms with van der Waals surface area (Å²) in [6, 6.07) is 16.4. The molecule has 0 spiro atoms. The summed E-state index contributed by atoms with van der Waals surface area (Å²) in [6.45, 7) is 4.34. The minimum Gasteiger partial charge on any atom is -1.00 e. The van der Waals surface area contributed by atoms with E-state index < -0.39 is 10.0 Å². The monoisotopic (exact) mass is 489 g/mol. The maximum Gasteiger partial charge on any atom is 1.00 e. The minimum atomic E-state index is -3.30. The predicted octanol–water partition coefficient (Wildman–Crippen LogP) is 1.35. The maximum atomic E-state index is 12.5. The molecule has 8 heteroatoms. The van der Waals surface area contributed by atoms with Crippen LogP contribution in [0.5, 0.6) is 0 Å². The summed E-state index contributed by atoms with van der Waals surface area (Å²) in [5.41, 5.74) is 3.46. The Labute approximate surface area is 236 Å². The summed E-state index contributed by atoms with van der Waals surface area (Å²) in [4.78, 5) is 2.84. The van der Waals surface area contributed by atoms with Crippen LogP contribution >= 0.6 is 11.6 Å². The van der Waals surface area contributed by atoms with Crippen molar-refractivity contribution in [2.24, 2.45) is 0 Å². The van der Waals surface area contributed by atoms with Gasteiger partial charge in [0.05, 0.1) is 5.75 Å². The second-order valence-corrected chi connectivity index (χ2v) is 10.2. The van der Waals surface area contributed by atoms with Gasteiger partial charge in [-0.25, -0.2) is 13.4 Å². The third kappa shape index (κ3) is 9.16. The summed E-state index contributed by atoms with van der Waals surface area (Å²) in [6.07, 6.45) is 4.64. The van der Waals surface area contributed by atoms with Crippen molar-refractivity contribution in [1.29, 1.82) is 0 Å². The van der Waals surface area contributed by atoms with Crippen molar-refractivity contribution in [2.75, 3.05) is 25.4 Å². The van der Waals surface area contributed by atoms with E-state index in [0.717, 1.165) is 54.9 Å². The first-order valence-corrected chi connectivity index (χ1v) is 12.8. The second kappa shape index (κ2) is 13.8. The fraction of sp³-hybridized carbons (Fsp3) is 0.478. The predicted molar refractivity (Wildman–Crippen MR) is 126 cm³/mol. The number of hydrazine groups is 1. The molecule has 0 amide bonds. The van der Waals surface area contributed by atoms with Gasteiger partial charge in [0.1, 0.15) is 0 Å². The van der Waals surface area contributed by atoms with Gasteiger partial charge in [-0.15, -0.1) is 4.83 Å². The largest absolute Gasteiger partial charge is 1.00 e. The van der Waals surface area contributed by atoms with E-state index in [2.05, 4.69) is 41.3 Å². The zero-order valence-electron chi connectivity index (χ0n) is 19.6. The molecule has 166 valence electrons. The van der Waals surface area contributed by atoms with Crippen LogP contribution in [0.4, 0.5) is 0 Å². The first-order chi connectivity index (χ1) is 14.5. The average Bonchev–Trinajstić information content (AvgIpc) is 2.74. The van der Waals surface area contributed by atoms with Gasteiger partial charge in [0.25, 0.3) is 0 Å². The number of hydrogen-bond donors (Lipinski definition) is 2. The third-order valence-corrected chi connectivity index (χ3v) is 7.07. The Hall–Kier alpha value is 0.196. The van der Waals surface area contributed by atoms with Crippen LogP contribution in [0.3, 0.4) is 0 Å². The van der Waals surface area contributed by atoms with Gasteiger partial charge in [-0.3, -0.25) is 0 Å². The van der Waals surface area contributed by atoms with Crippen molar-refractivity contribution in [3.8, 4) is 11.1 Å². The number of piperazine rings is 1. The van der Waals surface area contributed by atoms with Crippen LogP contribution in [0.15, 0.2) is 48.5 Å². The summed E-state index contributed by atoms with van der Waals surface area (Å²) in [7, 11) is -3.30. The molecule has 0 saturated carbocycles. The van der Waals surface area contributed by atoms with Crippen LogP contribution in [0.1, 0.15) is 39.6 Å². The van der Waals surface area contributed by atoms with Gasteiger partial charge in [0.15, 0.2) is 0 Å². The quantitative estimate of drug-likeness (QED) is 0.390. The number of hydrogen-bond acceptors (Lipinski definition) is 4. The average molecular weight is 490 g/mol. The fourth-order valence-corrected chi connectivity index (χ4v) is 5.15. The van der Waals surface area contributed by atoms with Crippen LogP contribution in [0.25, 0.3) is 11.1 Å². The standard InChI is InChI=1S/C23H32ClN3O2S.K.H/c1-2-3-4-5-16-30(28,29)26-27-15-14-25-18-23(27)17-19-6-8-20(9-7-19)21-10-12-22(24)13-11-21;;/h6-13,23,25-26H,2-5,14-18H2,1H3;;/q;+1;-1. The molecule has 1 saturated heterocycles. The smallest absolute Gasteiger partial charge is 1.00 e. The second-order valence-electron chi connectivity index (χ2n) is 7.93. The van der Waals surface area contributed by atoms with Gasteiger partial charge in [-0.05, 0) is 41.7 Å². The molecule has 1 heterocycles. The maximum absolute atomic E-state index is 12.5. The SMILES string of the molecule is CCCCCCS(=O)(=O)NN1CCNCC1Cc1ccc(-c2ccc(Cl)cc2)cc1.[H-].[K+]. The summed E-state index contributed by atoms with van der Waals surface area (Å²) in [5.74, 6) is 0.194. The Balaban J connectivity index is 0.00000256. The van der Waals surface area contributed by atoms with Crippen LogP contribution < -0.4 is 61.5 Å². The number of rotatable bonds is 10. The molecule has 1 atom stereocenters. The van der Waals surface area contributed by atoms with E-state index in [1.807, 2.05) is 29.3 Å². The molecule has 2 N–H and O–H groups in total. The summed E-state index contributed by atoms with van der Waals surface area (Å²) in [5, 5.41) is 6.02. The first-order valence-electron chi connectivity index (χ1n) is 10.8. The fourth-order valence-electron chi connectivity index (χ4n) is 3.75. The third-order valence-electron chi connectivity index (χ3n) is 5.48. The molecular weight excluding hydrogens is 457 g/mol. The van der Waals surface area contributed by atoms with Crippen molar-refractivity contribution < 1.29 is 61.2 Å². The van der Waals surface area contributed by atoms with Crippen LogP contribution in [0.2, 0.25) is 5.02 Å². The number of sulfonamides is 1. The van der Waals surface area contributed by atoms with Crippen molar-refractivity contribution in [1.82, 2.24) is 15.2 Å². The van der Waals surface area contributed by atoms with E-state index in [0.29, 0.717) is 13.0 Å². The molecule has 1 unspecified atom stereocenters. The molecule has 2 aromatic carbocycles. The molecule has 0 aliphatic carbocycles. The van der Waals surface area contributed by atoms with E-state index in [4.69, 9.17) is 11.6 Å². The van der Waals surface area contributed by atoms with E-state index in [1.54, 1.807) is 0 Å². The molecule has 0 aromatic heterocycles. The number of nitrogens with one attached hydrogen (secondary N) is 2. The van der Waals surface area contributed by atoms with E-state index in [1.165, 1.54) is 5.56 Å². The molecule has 0 bridgehead atoms. The van der Waals surface area contributed by atoms with E-state index >= 15 is 0 Å². The topological polar surface area (TPSA) is 61.4 Å². The Kier molecular flexibility index (Phi) is 12.2. The van der Waals surface area contributed by atoms with Gasteiger partial charge in [0.2, 0.25) is 10.0 Å². The van der Waals surface area contributed by atoms with Crippen LogP contribution in [-0.4, -0.2) is 44.9 Å². The van der Waals surface area contributed by atoms with Crippen molar-refractivity contribution in [3.63, 3.8) is 0 Å². The molecule has 1 aliphatic rings. The van der Waals surface area contributed by atoms with Gasteiger partial charge in [-0.1, -0.05) is 74.2 Å². The number of unbranched alkanes of at least 4 members (excludes halogenated alkanes) is 3. The van der Waals surface area contributed by atoms with Crippen molar-refractivity contribution >= 4 is 21.6 Å². The molecule has 2 aromatic rings. The zero-order valence-corrected chi connectivity index (χ0v) is 23.3. The van der Waals surface area contributed by atoms with Gasteiger partial charge in [-0.2, -0.15) is 0 Å². The minimum absolute atomic E-state index is 0. The zero-order chi connectivity index (χ0) is 21.4. The number of benzene rings is 2. The molecule has 31 heavy (non-hydrogen) atoms. The molecule has 1 aliphatic heterocycles. The van der Waals surface area contributed by atoms with E-state index in [-0.39, 0.29) is 64.6 Å².